The first kappa shape index (κ1) is 16.2. The minimum absolute atomic E-state index is 0.0630. The number of hydrogen-bond acceptors (Lipinski definition) is 5. The highest BCUT2D eigenvalue weighted by molar-refractivity contribution is 5.94. The zero-order chi connectivity index (χ0) is 17.2. The first-order chi connectivity index (χ1) is 12.2. The highest BCUT2D eigenvalue weighted by Crippen LogP contribution is 2.19. The number of nitrogens with one attached hydrogen (secondary N) is 1. The van der Waals surface area contributed by atoms with Gasteiger partial charge in [0.2, 0.25) is 0 Å². The van der Waals surface area contributed by atoms with E-state index in [0.717, 1.165) is 13.1 Å². The molecule has 0 aromatic carbocycles. The highest BCUT2D eigenvalue weighted by Gasteiger charge is 2.35. The molecule has 2 atom stereocenters. The van der Waals surface area contributed by atoms with E-state index in [1.165, 1.54) is 29.9 Å². The molecule has 4 heterocycles. The summed E-state index contributed by atoms with van der Waals surface area (Å²) >= 11 is 0. The number of pyridine rings is 1. The van der Waals surface area contributed by atoms with Crippen LogP contribution in [-0.2, 0) is 4.74 Å². The Morgan fingerprint density at radius 3 is 2.88 bits per heavy atom. The smallest absolute Gasteiger partial charge is 0.270 e. The van der Waals surface area contributed by atoms with E-state index in [1.807, 2.05) is 0 Å². The van der Waals surface area contributed by atoms with Gasteiger partial charge in [-0.05, 0) is 38.1 Å². The van der Waals surface area contributed by atoms with E-state index >= 15 is 0 Å². The van der Waals surface area contributed by atoms with Gasteiger partial charge in [-0.2, -0.15) is 0 Å². The quantitative estimate of drug-likeness (QED) is 0.888. The lowest BCUT2D eigenvalue weighted by atomic mass is 10.0. The lowest BCUT2D eigenvalue weighted by Gasteiger charge is -2.34. The molecule has 132 valence electrons. The monoisotopic (exact) mass is 342 g/mol. The van der Waals surface area contributed by atoms with Crippen molar-refractivity contribution in [3.8, 4) is 0 Å². The van der Waals surface area contributed by atoms with Gasteiger partial charge in [0.1, 0.15) is 11.2 Å². The molecule has 0 spiro atoms. The van der Waals surface area contributed by atoms with Gasteiger partial charge >= 0.3 is 0 Å². The van der Waals surface area contributed by atoms with Gasteiger partial charge in [0.25, 0.3) is 11.5 Å². The molecule has 2 aliphatic rings. The molecule has 4 rings (SSSR count). The maximum Gasteiger partial charge on any atom is 0.270 e. The Hall–Kier alpha value is -2.25. The standard InChI is InChI=1S/C18H22N4O3/c23-17(13-10-19-16-6-2-5-9-22(16)18(13)24)20-14-11-25-12-15(14)21-7-3-1-4-8-21/h2,5-6,9-10,14-15H,1,3-4,7-8,11-12H2,(H,20,23)/t14-,15-/m1/s1. The zero-order valence-corrected chi connectivity index (χ0v) is 14.1. The highest BCUT2D eigenvalue weighted by atomic mass is 16.5. The number of ether oxygens (including phenoxy) is 1. The van der Waals surface area contributed by atoms with E-state index in [0.29, 0.717) is 18.9 Å². The number of likely N-dealkylation sites (tertiary alicyclic amines) is 1. The Morgan fingerprint density at radius 2 is 2.04 bits per heavy atom. The fraction of sp³-hybridized carbons (Fsp3) is 0.500. The van der Waals surface area contributed by atoms with Crippen molar-refractivity contribution in [3.05, 3.63) is 46.5 Å². The SMILES string of the molecule is O=C(N[C@@H]1COC[C@H]1N1CCCCC1)c1cnc2ccccn2c1=O. The number of rotatable bonds is 3. The first-order valence-corrected chi connectivity index (χ1v) is 8.83. The number of nitrogens with zero attached hydrogens (tertiary/aromatic N) is 3. The van der Waals surface area contributed by atoms with E-state index in [9.17, 15) is 9.59 Å². The first-order valence-electron chi connectivity index (χ1n) is 8.83. The van der Waals surface area contributed by atoms with Crippen molar-refractivity contribution in [2.24, 2.45) is 0 Å². The lowest BCUT2D eigenvalue weighted by Crippen LogP contribution is -2.53. The number of amides is 1. The van der Waals surface area contributed by atoms with E-state index in [-0.39, 0.29) is 29.1 Å². The molecule has 0 radical (unpaired) electrons. The number of fused-ring (bicyclic) bond motifs is 1. The van der Waals surface area contributed by atoms with E-state index in [1.54, 1.807) is 24.4 Å². The van der Waals surface area contributed by atoms with Gasteiger partial charge in [0.05, 0.1) is 25.3 Å². The van der Waals surface area contributed by atoms with E-state index < -0.39 is 0 Å². The third-order valence-electron chi connectivity index (χ3n) is 5.08. The van der Waals surface area contributed by atoms with Crippen LogP contribution in [0.3, 0.4) is 0 Å². The van der Waals surface area contributed by atoms with Crippen LogP contribution in [0.5, 0.6) is 0 Å². The summed E-state index contributed by atoms with van der Waals surface area (Å²) < 4.78 is 7.00. The van der Waals surface area contributed by atoms with Crippen LogP contribution in [0.4, 0.5) is 0 Å². The van der Waals surface area contributed by atoms with Crippen molar-refractivity contribution in [3.63, 3.8) is 0 Å². The topological polar surface area (TPSA) is 75.9 Å². The molecule has 0 bridgehead atoms. The number of piperidine rings is 1. The van der Waals surface area contributed by atoms with Gasteiger partial charge in [-0.1, -0.05) is 12.5 Å². The summed E-state index contributed by atoms with van der Waals surface area (Å²) in [6.07, 6.45) is 6.62. The van der Waals surface area contributed by atoms with Crippen molar-refractivity contribution in [2.45, 2.75) is 31.3 Å². The van der Waals surface area contributed by atoms with Crippen LogP contribution in [0.25, 0.3) is 5.65 Å². The van der Waals surface area contributed by atoms with Gasteiger partial charge in [-0.3, -0.25) is 18.9 Å². The predicted molar refractivity (Wildman–Crippen MR) is 92.7 cm³/mol. The third-order valence-corrected chi connectivity index (χ3v) is 5.08. The van der Waals surface area contributed by atoms with E-state index in [4.69, 9.17) is 4.74 Å². The molecule has 2 aliphatic heterocycles. The van der Waals surface area contributed by atoms with Crippen LogP contribution in [0.2, 0.25) is 0 Å². The molecule has 2 fully saturated rings. The van der Waals surface area contributed by atoms with E-state index in [2.05, 4.69) is 15.2 Å². The largest absolute Gasteiger partial charge is 0.378 e. The Morgan fingerprint density at radius 1 is 1.20 bits per heavy atom. The van der Waals surface area contributed by atoms with Crippen molar-refractivity contribution < 1.29 is 9.53 Å². The fourth-order valence-corrected chi connectivity index (χ4v) is 3.72. The Balaban J connectivity index is 1.53. The molecule has 2 aromatic heterocycles. The lowest BCUT2D eigenvalue weighted by molar-refractivity contribution is 0.0898. The van der Waals surface area contributed by atoms with Gasteiger partial charge in [0, 0.05) is 12.4 Å². The summed E-state index contributed by atoms with van der Waals surface area (Å²) in [4.78, 5) is 31.8. The second-order valence-electron chi connectivity index (χ2n) is 6.69. The molecule has 0 aliphatic carbocycles. The van der Waals surface area contributed by atoms with Gasteiger partial charge in [0.15, 0.2) is 0 Å². The minimum atomic E-state index is -0.381. The van der Waals surface area contributed by atoms with Crippen molar-refractivity contribution >= 4 is 11.6 Å². The molecule has 7 heteroatoms. The molecule has 2 saturated heterocycles. The molecular formula is C18H22N4O3. The summed E-state index contributed by atoms with van der Waals surface area (Å²) in [5.41, 5.74) is 0.240. The maximum atomic E-state index is 12.7. The van der Waals surface area contributed by atoms with Crippen LogP contribution >= 0.6 is 0 Å². The van der Waals surface area contributed by atoms with Crippen LogP contribution in [-0.4, -0.2) is 58.6 Å². The van der Waals surface area contributed by atoms with Gasteiger partial charge < -0.3 is 10.1 Å². The Bertz CT molecular complexity index is 828. The average Bonchev–Trinajstić information content (AvgIpc) is 3.11. The van der Waals surface area contributed by atoms with Crippen LogP contribution < -0.4 is 10.9 Å². The molecule has 7 nitrogen and oxygen atoms in total. The predicted octanol–water partition coefficient (Wildman–Crippen LogP) is 0.678. The molecule has 0 saturated carbocycles. The number of carbonyl (C=O) groups excluding carboxylic acids is 1. The van der Waals surface area contributed by atoms with Crippen molar-refractivity contribution in [1.29, 1.82) is 0 Å². The third kappa shape index (κ3) is 3.17. The Labute approximate surface area is 145 Å². The minimum Gasteiger partial charge on any atom is -0.378 e. The normalized spacial score (nSPS) is 24.5. The number of hydrogen-bond donors (Lipinski definition) is 1. The summed E-state index contributed by atoms with van der Waals surface area (Å²) in [5, 5.41) is 2.99. The molecule has 1 amide bonds. The summed E-state index contributed by atoms with van der Waals surface area (Å²) in [6.45, 7) is 3.19. The fourth-order valence-electron chi connectivity index (χ4n) is 3.72. The molecule has 2 aromatic rings. The second-order valence-corrected chi connectivity index (χ2v) is 6.69. The van der Waals surface area contributed by atoms with Crippen LogP contribution in [0, 0.1) is 0 Å². The number of aromatic nitrogens is 2. The molecular weight excluding hydrogens is 320 g/mol. The summed E-state index contributed by atoms with van der Waals surface area (Å²) in [7, 11) is 0. The average molecular weight is 342 g/mol. The summed E-state index contributed by atoms with van der Waals surface area (Å²) in [6, 6.07) is 5.37. The Kier molecular flexibility index (Phi) is 4.50. The molecule has 1 N–H and O–H groups in total. The van der Waals surface area contributed by atoms with Gasteiger partial charge in [-0.15, -0.1) is 0 Å². The van der Waals surface area contributed by atoms with Crippen molar-refractivity contribution in [2.75, 3.05) is 26.3 Å². The molecule has 25 heavy (non-hydrogen) atoms. The maximum absolute atomic E-state index is 12.7. The number of carbonyl (C=O) groups is 1. The second kappa shape index (κ2) is 6.93. The van der Waals surface area contributed by atoms with Gasteiger partial charge in [-0.25, -0.2) is 4.98 Å². The van der Waals surface area contributed by atoms with Crippen LogP contribution in [0.15, 0.2) is 35.4 Å². The van der Waals surface area contributed by atoms with Crippen LogP contribution in [0.1, 0.15) is 29.6 Å². The van der Waals surface area contributed by atoms with Crippen molar-refractivity contribution in [1.82, 2.24) is 19.6 Å². The zero-order valence-electron chi connectivity index (χ0n) is 14.1. The molecule has 0 unspecified atom stereocenters. The summed E-state index contributed by atoms with van der Waals surface area (Å²) in [5.74, 6) is -0.381.